The second-order valence-corrected chi connectivity index (χ2v) is 5.58. The Morgan fingerprint density at radius 1 is 1.53 bits per heavy atom. The van der Waals surface area contributed by atoms with Crippen LogP contribution < -0.4 is 5.32 Å². The molecule has 2 atom stereocenters. The van der Waals surface area contributed by atoms with Crippen molar-refractivity contribution in [2.75, 3.05) is 6.54 Å². The van der Waals surface area contributed by atoms with Crippen LogP contribution in [0.15, 0.2) is 0 Å². The van der Waals surface area contributed by atoms with Crippen LogP contribution in [0.2, 0.25) is 0 Å². The highest BCUT2D eigenvalue weighted by Gasteiger charge is 2.27. The SMILES string of the molecule is CC(C)(CCNC1CCCC(C#N)C1)C(=O)O. The molecular weight excluding hydrogens is 216 g/mol. The highest BCUT2D eigenvalue weighted by Crippen LogP contribution is 2.24. The Balaban J connectivity index is 2.27. The zero-order valence-electron chi connectivity index (χ0n) is 10.7. The van der Waals surface area contributed by atoms with Gasteiger partial charge in [0.15, 0.2) is 0 Å². The summed E-state index contributed by atoms with van der Waals surface area (Å²) in [6.45, 7) is 4.20. The van der Waals surface area contributed by atoms with Gasteiger partial charge < -0.3 is 10.4 Å². The first kappa shape index (κ1) is 14.0. The van der Waals surface area contributed by atoms with Crippen LogP contribution in [0.25, 0.3) is 0 Å². The summed E-state index contributed by atoms with van der Waals surface area (Å²) in [5, 5.41) is 21.3. The van der Waals surface area contributed by atoms with E-state index in [1.54, 1.807) is 13.8 Å². The van der Waals surface area contributed by atoms with Crippen molar-refractivity contribution in [3.8, 4) is 6.07 Å². The molecule has 0 spiro atoms. The molecule has 4 heteroatoms. The summed E-state index contributed by atoms with van der Waals surface area (Å²) in [6.07, 6.45) is 4.74. The lowest BCUT2D eigenvalue weighted by atomic mass is 9.86. The van der Waals surface area contributed by atoms with Gasteiger partial charge in [-0.25, -0.2) is 0 Å². The van der Waals surface area contributed by atoms with E-state index >= 15 is 0 Å². The Labute approximate surface area is 103 Å². The highest BCUT2D eigenvalue weighted by molar-refractivity contribution is 5.73. The molecule has 1 aliphatic carbocycles. The monoisotopic (exact) mass is 238 g/mol. The van der Waals surface area contributed by atoms with Crippen molar-refractivity contribution in [3.63, 3.8) is 0 Å². The molecule has 2 unspecified atom stereocenters. The number of nitriles is 1. The summed E-state index contributed by atoms with van der Waals surface area (Å²) < 4.78 is 0. The quantitative estimate of drug-likeness (QED) is 0.769. The second-order valence-electron chi connectivity index (χ2n) is 5.58. The van der Waals surface area contributed by atoms with Crippen LogP contribution in [0.5, 0.6) is 0 Å². The first-order valence-electron chi connectivity index (χ1n) is 6.32. The average molecular weight is 238 g/mol. The van der Waals surface area contributed by atoms with Gasteiger partial charge in [0.1, 0.15) is 0 Å². The summed E-state index contributed by atoms with van der Waals surface area (Å²) >= 11 is 0. The third-order valence-corrected chi connectivity index (χ3v) is 3.62. The topological polar surface area (TPSA) is 73.1 Å². The van der Waals surface area contributed by atoms with Gasteiger partial charge in [-0.3, -0.25) is 4.79 Å². The van der Waals surface area contributed by atoms with Crippen LogP contribution in [0.1, 0.15) is 46.0 Å². The van der Waals surface area contributed by atoms with E-state index in [1.165, 1.54) is 0 Å². The lowest BCUT2D eigenvalue weighted by molar-refractivity contribution is -0.147. The van der Waals surface area contributed by atoms with Crippen molar-refractivity contribution >= 4 is 5.97 Å². The summed E-state index contributed by atoms with van der Waals surface area (Å²) in [7, 11) is 0. The van der Waals surface area contributed by atoms with Crippen molar-refractivity contribution in [1.82, 2.24) is 5.32 Å². The number of carboxylic acids is 1. The van der Waals surface area contributed by atoms with Crippen LogP contribution >= 0.6 is 0 Å². The van der Waals surface area contributed by atoms with Gasteiger partial charge in [0.05, 0.1) is 11.5 Å². The van der Waals surface area contributed by atoms with E-state index in [1.807, 2.05) is 0 Å². The van der Waals surface area contributed by atoms with E-state index in [-0.39, 0.29) is 5.92 Å². The van der Waals surface area contributed by atoms with Gasteiger partial charge in [-0.2, -0.15) is 5.26 Å². The van der Waals surface area contributed by atoms with Crippen molar-refractivity contribution < 1.29 is 9.90 Å². The molecule has 1 rings (SSSR count). The normalized spacial score (nSPS) is 25.2. The van der Waals surface area contributed by atoms with Crippen molar-refractivity contribution in [2.24, 2.45) is 11.3 Å². The highest BCUT2D eigenvalue weighted by atomic mass is 16.4. The summed E-state index contributed by atoms with van der Waals surface area (Å²) in [5.74, 6) is -0.577. The number of nitrogens with one attached hydrogen (secondary N) is 1. The lowest BCUT2D eigenvalue weighted by Gasteiger charge is -2.27. The van der Waals surface area contributed by atoms with Crippen molar-refractivity contribution in [1.29, 1.82) is 5.26 Å². The number of carbonyl (C=O) groups is 1. The summed E-state index contributed by atoms with van der Waals surface area (Å²) in [4.78, 5) is 10.9. The first-order valence-corrected chi connectivity index (χ1v) is 6.32. The van der Waals surface area contributed by atoms with Gasteiger partial charge in [-0.1, -0.05) is 6.42 Å². The maximum atomic E-state index is 10.9. The van der Waals surface area contributed by atoms with E-state index in [4.69, 9.17) is 10.4 Å². The fourth-order valence-corrected chi connectivity index (χ4v) is 2.19. The molecule has 0 aliphatic heterocycles. The molecular formula is C13H22N2O2. The maximum absolute atomic E-state index is 10.9. The van der Waals surface area contributed by atoms with E-state index in [0.717, 1.165) is 25.7 Å². The van der Waals surface area contributed by atoms with E-state index < -0.39 is 11.4 Å². The number of aliphatic carboxylic acids is 1. The minimum atomic E-state index is -0.752. The fourth-order valence-electron chi connectivity index (χ4n) is 2.19. The minimum absolute atomic E-state index is 0.175. The number of rotatable bonds is 5. The maximum Gasteiger partial charge on any atom is 0.309 e. The molecule has 4 nitrogen and oxygen atoms in total. The van der Waals surface area contributed by atoms with Crippen LogP contribution in [0.3, 0.4) is 0 Å². The summed E-state index contributed by atoms with van der Waals surface area (Å²) in [6, 6.07) is 2.71. The Kier molecular flexibility index (Phi) is 4.95. The number of carboxylic acid groups (broad SMARTS) is 1. The smallest absolute Gasteiger partial charge is 0.309 e. The molecule has 17 heavy (non-hydrogen) atoms. The molecule has 0 radical (unpaired) electrons. The second kappa shape index (κ2) is 6.02. The average Bonchev–Trinajstić information content (AvgIpc) is 2.29. The number of nitrogens with zero attached hydrogens (tertiary/aromatic N) is 1. The van der Waals surface area contributed by atoms with E-state index in [2.05, 4.69) is 11.4 Å². The van der Waals surface area contributed by atoms with Gasteiger partial charge >= 0.3 is 5.97 Å². The predicted molar refractivity (Wildman–Crippen MR) is 65.4 cm³/mol. The van der Waals surface area contributed by atoms with Crippen molar-refractivity contribution in [2.45, 2.75) is 52.0 Å². The van der Waals surface area contributed by atoms with E-state index in [0.29, 0.717) is 19.0 Å². The first-order chi connectivity index (χ1) is 7.95. The number of hydrogen-bond donors (Lipinski definition) is 2. The molecule has 1 saturated carbocycles. The molecule has 96 valence electrons. The van der Waals surface area contributed by atoms with E-state index in [9.17, 15) is 4.79 Å². The fraction of sp³-hybridized carbons (Fsp3) is 0.846. The van der Waals surface area contributed by atoms with Gasteiger partial charge in [0.2, 0.25) is 0 Å². The Morgan fingerprint density at radius 3 is 2.82 bits per heavy atom. The Hall–Kier alpha value is -1.08. The molecule has 2 N–H and O–H groups in total. The van der Waals surface area contributed by atoms with Gasteiger partial charge in [0.25, 0.3) is 0 Å². The molecule has 1 aliphatic rings. The predicted octanol–water partition coefficient (Wildman–Crippen LogP) is 2.16. The molecule has 0 bridgehead atoms. The molecule has 0 amide bonds. The van der Waals surface area contributed by atoms with Gasteiger partial charge in [-0.05, 0) is 46.1 Å². The minimum Gasteiger partial charge on any atom is -0.481 e. The largest absolute Gasteiger partial charge is 0.481 e. The Bertz CT molecular complexity index is 307. The molecule has 0 aromatic carbocycles. The molecule has 0 heterocycles. The molecule has 0 aromatic rings. The molecule has 0 saturated heterocycles. The van der Waals surface area contributed by atoms with Crippen LogP contribution in [-0.4, -0.2) is 23.7 Å². The molecule has 1 fully saturated rings. The standard InChI is InChI=1S/C13H22N2O2/c1-13(2,12(16)17)6-7-15-11-5-3-4-10(8-11)9-14/h10-11,15H,3-8H2,1-2H3,(H,16,17). The zero-order valence-corrected chi connectivity index (χ0v) is 10.7. The third-order valence-electron chi connectivity index (χ3n) is 3.62. The van der Waals surface area contributed by atoms with Crippen LogP contribution in [0, 0.1) is 22.7 Å². The van der Waals surface area contributed by atoms with Crippen molar-refractivity contribution in [3.05, 3.63) is 0 Å². The van der Waals surface area contributed by atoms with Gasteiger partial charge in [0, 0.05) is 12.0 Å². The Morgan fingerprint density at radius 2 is 2.24 bits per heavy atom. The van der Waals surface area contributed by atoms with Crippen LogP contribution in [-0.2, 0) is 4.79 Å². The zero-order chi connectivity index (χ0) is 12.9. The molecule has 0 aromatic heterocycles. The van der Waals surface area contributed by atoms with Gasteiger partial charge in [-0.15, -0.1) is 0 Å². The third kappa shape index (κ3) is 4.35. The van der Waals surface area contributed by atoms with Crippen LogP contribution in [0.4, 0.5) is 0 Å². The number of hydrogen-bond acceptors (Lipinski definition) is 3. The summed E-state index contributed by atoms with van der Waals surface area (Å²) in [5.41, 5.74) is -0.670. The lowest BCUT2D eigenvalue weighted by Crippen LogP contribution is -2.37.